The van der Waals surface area contributed by atoms with Gasteiger partial charge in [0.05, 0.1) is 10.9 Å². The van der Waals surface area contributed by atoms with Crippen molar-refractivity contribution in [1.82, 2.24) is 0 Å². The van der Waals surface area contributed by atoms with Crippen LogP contribution in [0.2, 0.25) is 5.04 Å². The molecule has 0 radical (unpaired) electrons. The molecule has 5 aromatic carbocycles. The average molecular weight is 617 g/mol. The van der Waals surface area contributed by atoms with E-state index < -0.39 is 8.07 Å². The number of hydrogen-bond acceptors (Lipinski definition) is 0. The molecule has 1 nitrogen and oxygen atoms in total. The maximum Gasteiger partial charge on any atom is 0.220 e. The number of nitrogens with zero attached hydrogens (tertiary/aromatic N) is 1. The zero-order chi connectivity index (χ0) is 31.9. The Hall–Kier alpha value is -4.27. The van der Waals surface area contributed by atoms with Crippen molar-refractivity contribution in [2.45, 2.75) is 64.3 Å². The van der Waals surface area contributed by atoms with Gasteiger partial charge in [0.2, 0.25) is 5.69 Å². The van der Waals surface area contributed by atoms with Crippen LogP contribution in [-0.2, 0) is 7.05 Å². The summed E-state index contributed by atoms with van der Waals surface area (Å²) in [5.41, 5.74) is 8.25. The molecule has 1 saturated carbocycles. The molecule has 0 aliphatic heterocycles. The Morgan fingerprint density at radius 1 is 0.630 bits per heavy atom. The van der Waals surface area contributed by atoms with E-state index in [1.807, 2.05) is 0 Å². The molecule has 7 rings (SSSR count). The first-order valence-corrected chi connectivity index (χ1v) is 19.0. The van der Waals surface area contributed by atoms with E-state index in [1.165, 1.54) is 85.5 Å². The van der Waals surface area contributed by atoms with Gasteiger partial charge < -0.3 is 0 Å². The van der Waals surface area contributed by atoms with E-state index in [9.17, 15) is 0 Å². The Bertz CT molecular complexity index is 1940. The van der Waals surface area contributed by atoms with E-state index in [4.69, 9.17) is 0 Å². The van der Waals surface area contributed by atoms with E-state index in [0.29, 0.717) is 5.92 Å². The molecule has 1 aromatic heterocycles. The lowest BCUT2D eigenvalue weighted by Crippen LogP contribution is -2.72. The van der Waals surface area contributed by atoms with E-state index in [2.05, 4.69) is 173 Å². The van der Waals surface area contributed by atoms with Crippen molar-refractivity contribution in [2.75, 3.05) is 0 Å². The van der Waals surface area contributed by atoms with Crippen molar-refractivity contribution in [1.29, 1.82) is 0 Å². The van der Waals surface area contributed by atoms with Gasteiger partial charge in [0.15, 0.2) is 14.3 Å². The summed E-state index contributed by atoms with van der Waals surface area (Å²) < 4.78 is 2.35. The minimum absolute atomic E-state index is 0.0441. The smallest absolute Gasteiger partial charge is 0.200 e. The Kier molecular flexibility index (Phi) is 8.03. The normalized spacial score (nSPS) is 14.2. The highest BCUT2D eigenvalue weighted by molar-refractivity contribution is 7.13. The van der Waals surface area contributed by atoms with Crippen LogP contribution >= 0.6 is 0 Å². The average Bonchev–Trinajstić information content (AvgIpc) is 3.61. The molecule has 6 aromatic rings. The third-order valence-electron chi connectivity index (χ3n) is 10.7. The summed E-state index contributed by atoms with van der Waals surface area (Å²) in [6.07, 6.45) is 7.53. The standard InChI is InChI=1S/C44H46NSi/c1-32-41(34-19-15-16-20-34)30-36(33-17-9-6-10-18-33)31-42(32)43-40-26-25-39(29-35(40)27-28-45(43)5)46(44(2,3)4,37-21-11-7-12-22-37)38-23-13-8-14-24-38/h6-14,17-18,21-31,34H,15-16,19-20H2,1-5H3/q+1. The third-order valence-corrected chi connectivity index (χ3v) is 16.5. The van der Waals surface area contributed by atoms with Crippen molar-refractivity contribution in [3.05, 3.63) is 145 Å². The first-order valence-electron chi connectivity index (χ1n) is 17.0. The van der Waals surface area contributed by atoms with Crippen molar-refractivity contribution >= 4 is 34.4 Å². The van der Waals surface area contributed by atoms with Crippen LogP contribution in [0.3, 0.4) is 0 Å². The number of aryl methyl sites for hydroxylation is 1. The third kappa shape index (κ3) is 5.13. The van der Waals surface area contributed by atoms with Crippen LogP contribution in [0.25, 0.3) is 33.2 Å². The molecule has 0 unspecified atom stereocenters. The highest BCUT2D eigenvalue weighted by atomic mass is 28.3. The van der Waals surface area contributed by atoms with Gasteiger partial charge in [-0.15, -0.1) is 0 Å². The van der Waals surface area contributed by atoms with Gasteiger partial charge in [0.1, 0.15) is 7.05 Å². The Labute approximate surface area is 276 Å². The highest BCUT2D eigenvalue weighted by Crippen LogP contribution is 2.42. The van der Waals surface area contributed by atoms with Crippen LogP contribution in [0.1, 0.15) is 63.5 Å². The second-order valence-electron chi connectivity index (χ2n) is 14.4. The van der Waals surface area contributed by atoms with Gasteiger partial charge in [-0.05, 0) is 86.1 Å². The van der Waals surface area contributed by atoms with Crippen LogP contribution < -0.4 is 20.1 Å². The van der Waals surface area contributed by atoms with Gasteiger partial charge in [-0.25, -0.2) is 4.57 Å². The highest BCUT2D eigenvalue weighted by Gasteiger charge is 2.49. The van der Waals surface area contributed by atoms with Crippen molar-refractivity contribution in [3.63, 3.8) is 0 Å². The topological polar surface area (TPSA) is 3.88 Å². The molecule has 1 heterocycles. The number of pyridine rings is 1. The van der Waals surface area contributed by atoms with Crippen LogP contribution in [0, 0.1) is 6.92 Å². The lowest BCUT2D eigenvalue weighted by Gasteiger charge is -2.44. The predicted molar refractivity (Wildman–Crippen MR) is 199 cm³/mol. The van der Waals surface area contributed by atoms with Crippen molar-refractivity contribution < 1.29 is 4.57 Å². The van der Waals surface area contributed by atoms with Crippen LogP contribution in [0.5, 0.6) is 0 Å². The predicted octanol–water partition coefficient (Wildman–Crippen LogP) is 9.23. The Morgan fingerprint density at radius 2 is 1.22 bits per heavy atom. The maximum atomic E-state index is 2.53. The second-order valence-corrected chi connectivity index (χ2v) is 19.1. The lowest BCUT2D eigenvalue weighted by molar-refractivity contribution is -0.659. The van der Waals surface area contributed by atoms with E-state index >= 15 is 0 Å². The SMILES string of the molecule is Cc1c(-c2c3ccc([Si](c4ccccc4)(c4ccccc4)C(C)(C)C)cc3cc[n+]2C)cc(-c2ccccc2)cc1C1CCCC1. The van der Waals surface area contributed by atoms with Gasteiger partial charge in [-0.1, -0.05) is 143 Å². The van der Waals surface area contributed by atoms with Crippen molar-refractivity contribution in [3.8, 4) is 22.4 Å². The molecular formula is C44H46NSi+. The molecule has 230 valence electrons. The number of benzene rings is 5. The summed E-state index contributed by atoms with van der Waals surface area (Å²) in [6.45, 7) is 9.71. The van der Waals surface area contributed by atoms with Gasteiger partial charge in [0.25, 0.3) is 0 Å². The Morgan fingerprint density at radius 3 is 1.80 bits per heavy atom. The summed E-state index contributed by atoms with van der Waals surface area (Å²) >= 11 is 0. The first-order chi connectivity index (χ1) is 22.3. The second kappa shape index (κ2) is 12.2. The maximum absolute atomic E-state index is 2.53. The molecule has 0 bridgehead atoms. The molecule has 0 spiro atoms. The number of fused-ring (bicyclic) bond motifs is 1. The van der Waals surface area contributed by atoms with Crippen molar-refractivity contribution in [2.24, 2.45) is 7.05 Å². The summed E-state index contributed by atoms with van der Waals surface area (Å²) in [4.78, 5) is 0. The zero-order valence-electron chi connectivity index (χ0n) is 28.1. The fourth-order valence-corrected chi connectivity index (χ4v) is 14.2. The number of aromatic nitrogens is 1. The van der Waals surface area contributed by atoms with Gasteiger partial charge in [0, 0.05) is 6.07 Å². The monoisotopic (exact) mass is 616 g/mol. The van der Waals surface area contributed by atoms with Crippen LogP contribution in [-0.4, -0.2) is 8.07 Å². The van der Waals surface area contributed by atoms with Gasteiger partial charge in [-0.3, -0.25) is 0 Å². The Balaban J connectivity index is 1.49. The fourth-order valence-electron chi connectivity index (χ4n) is 8.56. The fraction of sp³-hybridized carbons (Fsp3) is 0.250. The molecule has 1 fully saturated rings. The van der Waals surface area contributed by atoms with E-state index in [1.54, 1.807) is 0 Å². The van der Waals surface area contributed by atoms with E-state index in [-0.39, 0.29) is 5.04 Å². The van der Waals surface area contributed by atoms with Crippen LogP contribution in [0.15, 0.2) is 134 Å². The minimum atomic E-state index is -2.45. The van der Waals surface area contributed by atoms with Gasteiger partial charge >= 0.3 is 0 Å². The quantitative estimate of drug-likeness (QED) is 0.0998. The molecule has 46 heavy (non-hydrogen) atoms. The summed E-state index contributed by atoms with van der Waals surface area (Å²) in [5.74, 6) is 0.643. The minimum Gasteiger partial charge on any atom is -0.200 e. The molecule has 1 aliphatic carbocycles. The number of hydrogen-bond donors (Lipinski definition) is 0. The van der Waals surface area contributed by atoms with Gasteiger partial charge in [-0.2, -0.15) is 0 Å². The molecule has 2 heteroatoms. The van der Waals surface area contributed by atoms with E-state index in [0.717, 1.165) is 0 Å². The lowest BCUT2D eigenvalue weighted by atomic mass is 9.85. The molecule has 1 aliphatic rings. The molecule has 0 saturated heterocycles. The summed E-state index contributed by atoms with van der Waals surface area (Å²) in [6, 6.07) is 48.3. The molecule has 0 atom stereocenters. The first kappa shape index (κ1) is 30.4. The largest absolute Gasteiger partial charge is 0.220 e. The molecule has 0 amide bonds. The summed E-state index contributed by atoms with van der Waals surface area (Å²) in [5, 5.41) is 7.06. The summed E-state index contributed by atoms with van der Waals surface area (Å²) in [7, 11) is -0.233. The zero-order valence-corrected chi connectivity index (χ0v) is 29.1. The van der Waals surface area contributed by atoms with Crippen LogP contribution in [0.4, 0.5) is 0 Å². The molecular weight excluding hydrogens is 571 g/mol. The number of rotatable bonds is 6. The molecule has 0 N–H and O–H groups in total.